The van der Waals surface area contributed by atoms with Gasteiger partial charge in [0.25, 0.3) is 0 Å². The van der Waals surface area contributed by atoms with E-state index >= 15 is 0 Å². The fourth-order valence-electron chi connectivity index (χ4n) is 2.47. The Bertz CT molecular complexity index is 720. The Morgan fingerprint density at radius 3 is 2.39 bits per heavy atom. The summed E-state index contributed by atoms with van der Waals surface area (Å²) in [5.74, 6) is -0.770. The van der Waals surface area contributed by atoms with Gasteiger partial charge in [-0.1, -0.05) is 0 Å². The number of aliphatic carboxylic acids is 1. The fraction of sp³-hybridized carbons (Fsp3) is 0.400. The normalized spacial score (nSPS) is 15.9. The van der Waals surface area contributed by atoms with Gasteiger partial charge in [0.15, 0.2) is 11.5 Å². The number of carbonyl (C=O) groups is 1. The lowest BCUT2D eigenvalue weighted by Crippen LogP contribution is -2.28. The van der Waals surface area contributed by atoms with E-state index in [1.807, 2.05) is 0 Å². The first kappa shape index (κ1) is 17.3. The second-order valence-corrected chi connectivity index (χ2v) is 6.94. The molecular weight excluding hydrogens is 322 g/mol. The third-order valence-electron chi connectivity index (χ3n) is 3.57. The molecule has 1 heterocycles. The predicted octanol–water partition coefficient (Wildman–Crippen LogP) is 1.59. The highest BCUT2D eigenvalue weighted by atomic mass is 32.2. The number of benzene rings is 1. The van der Waals surface area contributed by atoms with E-state index in [2.05, 4.69) is 0 Å². The van der Waals surface area contributed by atoms with Crippen molar-refractivity contribution in [3.05, 3.63) is 23.8 Å². The van der Waals surface area contributed by atoms with Crippen LogP contribution < -0.4 is 9.47 Å². The molecule has 23 heavy (non-hydrogen) atoms. The minimum Gasteiger partial charge on any atom is -0.493 e. The lowest BCUT2D eigenvalue weighted by Gasteiger charge is -2.19. The number of rotatable bonds is 6. The molecule has 2 rings (SSSR count). The molecule has 0 radical (unpaired) electrons. The Balaban J connectivity index is 2.59. The highest BCUT2D eigenvalue weighted by Crippen LogP contribution is 2.38. The summed E-state index contributed by atoms with van der Waals surface area (Å²) in [7, 11) is -0.962. The Hall–Kier alpha value is -2.06. The third-order valence-corrected chi connectivity index (χ3v) is 5.47. The zero-order valence-electron chi connectivity index (χ0n) is 13.0. The molecule has 0 amide bonds. The molecule has 0 atom stereocenters. The largest absolute Gasteiger partial charge is 0.493 e. The summed E-state index contributed by atoms with van der Waals surface area (Å²) < 4.78 is 37.5. The number of hydrogen-bond donors (Lipinski definition) is 1. The summed E-state index contributed by atoms with van der Waals surface area (Å²) in [5.41, 5.74) is 0.405. The molecule has 1 aliphatic rings. The molecule has 0 bridgehead atoms. The Morgan fingerprint density at radius 1 is 1.22 bits per heavy atom. The monoisotopic (exact) mass is 341 g/mol. The number of nitrogens with zero attached hydrogens (tertiary/aromatic N) is 1. The van der Waals surface area contributed by atoms with Crippen LogP contribution in [0, 0.1) is 0 Å². The second kappa shape index (κ2) is 7.01. The van der Waals surface area contributed by atoms with E-state index in [0.29, 0.717) is 18.7 Å². The molecule has 0 spiro atoms. The van der Waals surface area contributed by atoms with Gasteiger partial charge in [0.2, 0.25) is 10.0 Å². The first-order chi connectivity index (χ1) is 10.9. The average Bonchev–Trinajstić information content (AvgIpc) is 3.06. The van der Waals surface area contributed by atoms with Crippen LogP contribution in [0.4, 0.5) is 0 Å². The van der Waals surface area contributed by atoms with Crippen LogP contribution in [-0.4, -0.2) is 51.1 Å². The summed E-state index contributed by atoms with van der Waals surface area (Å²) in [6.07, 6.45) is 3.88. The van der Waals surface area contributed by atoms with E-state index in [-0.39, 0.29) is 16.4 Å². The smallest absolute Gasteiger partial charge is 0.328 e. The van der Waals surface area contributed by atoms with Crippen molar-refractivity contribution in [3.63, 3.8) is 0 Å². The SMILES string of the molecule is COc1cc(/C=C/C(=O)O)cc(S(=O)(=O)N2CCCC2)c1OC. The van der Waals surface area contributed by atoms with Crippen molar-refractivity contribution in [1.82, 2.24) is 4.31 Å². The van der Waals surface area contributed by atoms with Crippen LogP contribution in [0.2, 0.25) is 0 Å². The minimum absolute atomic E-state index is 0.0220. The number of ether oxygens (including phenoxy) is 2. The molecule has 0 unspecified atom stereocenters. The maximum absolute atomic E-state index is 12.8. The molecule has 1 fully saturated rings. The maximum atomic E-state index is 12.8. The van der Waals surface area contributed by atoms with E-state index in [1.165, 1.54) is 36.7 Å². The van der Waals surface area contributed by atoms with Crippen LogP contribution in [0.3, 0.4) is 0 Å². The van der Waals surface area contributed by atoms with Crippen molar-refractivity contribution in [2.75, 3.05) is 27.3 Å². The molecule has 1 N–H and O–H groups in total. The summed E-state index contributed by atoms with van der Waals surface area (Å²) in [6, 6.07) is 2.93. The Morgan fingerprint density at radius 2 is 1.87 bits per heavy atom. The van der Waals surface area contributed by atoms with Gasteiger partial charge in [-0.2, -0.15) is 4.31 Å². The number of carboxylic acid groups (broad SMARTS) is 1. The molecule has 8 heteroatoms. The van der Waals surface area contributed by atoms with Gasteiger partial charge in [0, 0.05) is 19.2 Å². The molecule has 1 aliphatic heterocycles. The summed E-state index contributed by atoms with van der Waals surface area (Å²) >= 11 is 0. The van der Waals surface area contributed by atoms with Gasteiger partial charge in [-0.25, -0.2) is 13.2 Å². The molecule has 1 aromatic rings. The average molecular weight is 341 g/mol. The van der Waals surface area contributed by atoms with E-state index in [0.717, 1.165) is 18.9 Å². The highest BCUT2D eigenvalue weighted by molar-refractivity contribution is 7.89. The van der Waals surface area contributed by atoms with Gasteiger partial charge in [0.1, 0.15) is 4.90 Å². The van der Waals surface area contributed by atoms with E-state index in [9.17, 15) is 13.2 Å². The van der Waals surface area contributed by atoms with E-state index in [4.69, 9.17) is 14.6 Å². The van der Waals surface area contributed by atoms with E-state index in [1.54, 1.807) is 0 Å². The first-order valence-corrected chi connectivity index (χ1v) is 8.51. The van der Waals surface area contributed by atoms with Crippen LogP contribution in [0.1, 0.15) is 18.4 Å². The quantitative estimate of drug-likeness (QED) is 0.790. The zero-order valence-corrected chi connectivity index (χ0v) is 13.8. The molecular formula is C15H19NO6S. The highest BCUT2D eigenvalue weighted by Gasteiger charge is 2.31. The van der Waals surface area contributed by atoms with Crippen LogP contribution in [0.15, 0.2) is 23.1 Å². The Kier molecular flexibility index (Phi) is 5.27. The van der Waals surface area contributed by atoms with Crippen molar-refractivity contribution in [2.24, 2.45) is 0 Å². The molecule has 0 aliphatic carbocycles. The van der Waals surface area contributed by atoms with Crippen molar-refractivity contribution in [2.45, 2.75) is 17.7 Å². The number of methoxy groups -OCH3 is 2. The predicted molar refractivity (Wildman–Crippen MR) is 84.2 cm³/mol. The molecule has 1 aromatic carbocycles. The van der Waals surface area contributed by atoms with Gasteiger partial charge >= 0.3 is 5.97 Å². The second-order valence-electron chi connectivity index (χ2n) is 5.04. The van der Waals surface area contributed by atoms with Gasteiger partial charge in [-0.05, 0) is 36.6 Å². The molecule has 0 saturated carbocycles. The van der Waals surface area contributed by atoms with Crippen molar-refractivity contribution in [3.8, 4) is 11.5 Å². The van der Waals surface area contributed by atoms with Crippen LogP contribution in [0.25, 0.3) is 6.08 Å². The standard InChI is InChI=1S/C15H19NO6S/c1-21-12-9-11(5-6-14(17)18)10-13(15(12)22-2)23(19,20)16-7-3-4-8-16/h5-6,9-10H,3-4,7-8H2,1-2H3,(H,17,18)/b6-5+. The first-order valence-electron chi connectivity index (χ1n) is 7.07. The molecule has 1 saturated heterocycles. The van der Waals surface area contributed by atoms with Crippen LogP contribution in [-0.2, 0) is 14.8 Å². The lowest BCUT2D eigenvalue weighted by molar-refractivity contribution is -0.131. The van der Waals surface area contributed by atoms with Gasteiger partial charge in [0.05, 0.1) is 14.2 Å². The zero-order chi connectivity index (χ0) is 17.0. The third kappa shape index (κ3) is 3.65. The number of carboxylic acids is 1. The summed E-state index contributed by atoms with van der Waals surface area (Å²) in [4.78, 5) is 10.6. The van der Waals surface area contributed by atoms with Crippen molar-refractivity contribution in [1.29, 1.82) is 0 Å². The lowest BCUT2D eigenvalue weighted by atomic mass is 10.2. The molecule has 0 aromatic heterocycles. The van der Waals surface area contributed by atoms with Gasteiger partial charge < -0.3 is 14.6 Å². The number of sulfonamides is 1. The molecule has 7 nitrogen and oxygen atoms in total. The molecule has 126 valence electrons. The van der Waals surface area contributed by atoms with E-state index < -0.39 is 16.0 Å². The van der Waals surface area contributed by atoms with Gasteiger partial charge in [-0.3, -0.25) is 0 Å². The van der Waals surface area contributed by atoms with Gasteiger partial charge in [-0.15, -0.1) is 0 Å². The van der Waals surface area contributed by atoms with Crippen LogP contribution in [0.5, 0.6) is 11.5 Å². The number of hydrogen-bond acceptors (Lipinski definition) is 5. The minimum atomic E-state index is -3.73. The Labute approximate surface area is 135 Å². The fourth-order valence-corrected chi connectivity index (χ4v) is 4.19. The van der Waals surface area contributed by atoms with Crippen LogP contribution >= 0.6 is 0 Å². The summed E-state index contributed by atoms with van der Waals surface area (Å²) in [5, 5.41) is 8.73. The van der Waals surface area contributed by atoms with Crippen molar-refractivity contribution >= 4 is 22.1 Å². The summed E-state index contributed by atoms with van der Waals surface area (Å²) in [6.45, 7) is 0.923. The maximum Gasteiger partial charge on any atom is 0.328 e. The van der Waals surface area contributed by atoms with Crippen molar-refractivity contribution < 1.29 is 27.8 Å². The topological polar surface area (TPSA) is 93.1 Å².